The van der Waals surface area contributed by atoms with Gasteiger partial charge in [0.05, 0.1) is 10.3 Å². The van der Waals surface area contributed by atoms with Gasteiger partial charge in [-0.25, -0.2) is 17.8 Å². The number of rotatable bonds is 7. The molecule has 1 heterocycles. The summed E-state index contributed by atoms with van der Waals surface area (Å²) in [5.41, 5.74) is 2.45. The van der Waals surface area contributed by atoms with Crippen molar-refractivity contribution in [2.24, 2.45) is 0 Å². The lowest BCUT2D eigenvalue weighted by atomic mass is 9.93. The number of hydrogen-bond acceptors (Lipinski definition) is 5. The molecule has 0 spiro atoms. The summed E-state index contributed by atoms with van der Waals surface area (Å²) in [5.74, 6) is -0.0103. The first-order chi connectivity index (χ1) is 16.5. The quantitative estimate of drug-likeness (QED) is 0.287. The van der Waals surface area contributed by atoms with Gasteiger partial charge in [-0.2, -0.15) is 0 Å². The second-order valence-electron chi connectivity index (χ2n) is 8.96. The summed E-state index contributed by atoms with van der Waals surface area (Å²) < 4.78 is 42.7. The first-order valence-corrected chi connectivity index (χ1v) is 13.6. The molecule has 5 nitrogen and oxygen atoms in total. The average Bonchev–Trinajstić information content (AvgIpc) is 3.44. The van der Waals surface area contributed by atoms with Crippen molar-refractivity contribution in [3.63, 3.8) is 0 Å². The number of halogens is 3. The smallest absolute Gasteiger partial charge is 0.206 e. The molecule has 1 aliphatic carbocycles. The van der Waals surface area contributed by atoms with Gasteiger partial charge in [-0.15, -0.1) is 0 Å². The van der Waals surface area contributed by atoms with E-state index in [0.717, 1.165) is 24.7 Å². The third-order valence-corrected chi connectivity index (χ3v) is 7.97. The topological polar surface area (TPSA) is 77.2 Å². The Labute approximate surface area is 211 Å². The molecule has 1 saturated carbocycles. The van der Waals surface area contributed by atoms with Gasteiger partial charge in [0.25, 0.3) is 0 Å². The molecule has 0 N–H and O–H groups in total. The Morgan fingerprint density at radius 3 is 2.23 bits per heavy atom. The van der Waals surface area contributed by atoms with E-state index in [-0.39, 0.29) is 23.5 Å². The number of nitrogens with zero attached hydrogens (tertiary/aromatic N) is 1. The fraction of sp³-hybridized carbons (Fsp3) is 0.231. The van der Waals surface area contributed by atoms with E-state index in [1.807, 2.05) is 0 Å². The normalized spacial score (nSPS) is 14.9. The highest BCUT2D eigenvalue weighted by atomic mass is 35.5. The van der Waals surface area contributed by atoms with Crippen LogP contribution in [0.3, 0.4) is 0 Å². The van der Waals surface area contributed by atoms with Crippen molar-refractivity contribution in [2.75, 3.05) is 6.26 Å². The molecule has 1 fully saturated rings. The molecular weight excluding hydrogens is 512 g/mol. The summed E-state index contributed by atoms with van der Waals surface area (Å²) in [6.07, 6.45) is 2.90. The third-order valence-electron chi connectivity index (χ3n) is 6.24. The maximum Gasteiger partial charge on any atom is 0.206 e. The summed E-state index contributed by atoms with van der Waals surface area (Å²) in [4.78, 5) is 17.4. The Morgan fingerprint density at radius 2 is 1.63 bits per heavy atom. The lowest BCUT2D eigenvalue weighted by molar-refractivity contribution is -0.117. The van der Waals surface area contributed by atoms with Gasteiger partial charge >= 0.3 is 0 Å². The zero-order valence-corrected chi connectivity index (χ0v) is 21.0. The Hall–Kier alpha value is -2.74. The largest absolute Gasteiger partial charge is 0.440 e. The van der Waals surface area contributed by atoms with Crippen molar-refractivity contribution in [3.8, 4) is 0 Å². The second kappa shape index (κ2) is 8.73. The Kier molecular flexibility index (Phi) is 5.98. The number of ketones is 1. The molecule has 0 aliphatic heterocycles. The Morgan fingerprint density at radius 1 is 1.00 bits per heavy atom. The molecular formula is C26H20Cl2FNO4S. The third kappa shape index (κ3) is 4.73. The SMILES string of the molecule is CS(=O)(=O)c1ccc(CC(=O)Cc2cc(Cl)c(C3(c4nc5ccc(F)cc5o4)CC3)c(Cl)c2)cc1. The van der Waals surface area contributed by atoms with E-state index < -0.39 is 21.1 Å². The summed E-state index contributed by atoms with van der Waals surface area (Å²) in [5, 5.41) is 0.840. The maximum absolute atomic E-state index is 13.6. The number of sulfone groups is 1. The fourth-order valence-electron chi connectivity index (χ4n) is 4.36. The minimum Gasteiger partial charge on any atom is -0.440 e. The monoisotopic (exact) mass is 531 g/mol. The summed E-state index contributed by atoms with van der Waals surface area (Å²) >= 11 is 13.3. The highest BCUT2D eigenvalue weighted by Crippen LogP contribution is 2.57. The number of aromatic nitrogens is 1. The van der Waals surface area contributed by atoms with Crippen LogP contribution in [0.2, 0.25) is 10.0 Å². The van der Waals surface area contributed by atoms with Gasteiger partial charge in [0.15, 0.2) is 15.4 Å². The molecule has 0 atom stereocenters. The lowest BCUT2D eigenvalue weighted by Gasteiger charge is -2.17. The van der Waals surface area contributed by atoms with Crippen LogP contribution in [0.15, 0.2) is 63.9 Å². The number of fused-ring (bicyclic) bond motifs is 1. The molecule has 1 aliphatic rings. The van der Waals surface area contributed by atoms with Crippen molar-refractivity contribution in [3.05, 3.63) is 93.0 Å². The highest BCUT2D eigenvalue weighted by molar-refractivity contribution is 7.90. The summed E-state index contributed by atoms with van der Waals surface area (Å²) in [6.45, 7) is 0. The minimum atomic E-state index is -3.29. The van der Waals surface area contributed by atoms with E-state index >= 15 is 0 Å². The molecule has 35 heavy (non-hydrogen) atoms. The van der Waals surface area contributed by atoms with Gasteiger partial charge in [-0.1, -0.05) is 35.3 Å². The summed E-state index contributed by atoms with van der Waals surface area (Å²) in [7, 11) is -3.29. The zero-order valence-electron chi connectivity index (χ0n) is 18.6. The van der Waals surface area contributed by atoms with E-state index in [4.69, 9.17) is 27.6 Å². The molecule has 0 unspecified atom stereocenters. The van der Waals surface area contributed by atoms with Crippen LogP contribution in [0.25, 0.3) is 11.1 Å². The van der Waals surface area contributed by atoms with Gasteiger partial charge in [0.1, 0.15) is 17.1 Å². The Bertz CT molecular complexity index is 1550. The van der Waals surface area contributed by atoms with E-state index in [1.54, 1.807) is 30.3 Å². The molecule has 0 radical (unpaired) electrons. The van der Waals surface area contributed by atoms with Gasteiger partial charge in [-0.3, -0.25) is 4.79 Å². The molecule has 0 amide bonds. The molecule has 0 saturated heterocycles. The standard InChI is InChI=1S/C26H20Cl2FNO4S/c1-35(32,33)19-5-2-15(3-6-19)10-18(31)11-16-12-20(27)24(21(28)13-16)26(8-9-26)25-30-22-7-4-17(29)14-23(22)34-25/h2-7,12-14H,8-11H2,1H3. The molecule has 5 rings (SSSR count). The van der Waals surface area contributed by atoms with Gasteiger partial charge in [-0.05, 0) is 60.4 Å². The van der Waals surface area contributed by atoms with Crippen LogP contribution >= 0.6 is 23.2 Å². The van der Waals surface area contributed by atoms with Crippen LogP contribution in [0, 0.1) is 5.82 Å². The Balaban J connectivity index is 1.36. The van der Waals surface area contributed by atoms with Gasteiger partial charge < -0.3 is 4.42 Å². The number of oxazole rings is 1. The van der Waals surface area contributed by atoms with Crippen LogP contribution in [-0.2, 0) is 32.9 Å². The zero-order chi connectivity index (χ0) is 25.0. The van der Waals surface area contributed by atoms with Crippen molar-refractivity contribution in [1.82, 2.24) is 4.98 Å². The maximum atomic E-state index is 13.6. The van der Waals surface area contributed by atoms with Gasteiger partial charge in [0.2, 0.25) is 5.89 Å². The number of Topliss-reactive ketones (excluding diaryl/α,β-unsaturated/α-hetero) is 1. The van der Waals surface area contributed by atoms with Crippen LogP contribution in [0.4, 0.5) is 4.39 Å². The fourth-order valence-corrected chi connectivity index (χ4v) is 5.88. The predicted molar refractivity (Wildman–Crippen MR) is 132 cm³/mol. The van der Waals surface area contributed by atoms with E-state index in [2.05, 4.69) is 4.98 Å². The predicted octanol–water partition coefficient (Wildman–Crippen LogP) is 6.11. The van der Waals surface area contributed by atoms with Gasteiger partial charge in [0, 0.05) is 40.8 Å². The number of carbonyl (C=O) groups excluding carboxylic acids is 1. The van der Waals surface area contributed by atoms with Crippen molar-refractivity contribution < 1.29 is 22.0 Å². The molecule has 9 heteroatoms. The van der Waals surface area contributed by atoms with E-state index in [1.165, 1.54) is 24.3 Å². The first-order valence-electron chi connectivity index (χ1n) is 10.9. The van der Waals surface area contributed by atoms with Crippen molar-refractivity contribution in [1.29, 1.82) is 0 Å². The minimum absolute atomic E-state index is 0.0564. The van der Waals surface area contributed by atoms with Crippen LogP contribution in [-0.4, -0.2) is 25.4 Å². The van der Waals surface area contributed by atoms with Crippen molar-refractivity contribution >= 4 is 49.9 Å². The lowest BCUT2D eigenvalue weighted by Crippen LogP contribution is -2.12. The number of benzene rings is 3. The summed E-state index contributed by atoms with van der Waals surface area (Å²) in [6, 6.07) is 13.9. The molecule has 3 aromatic carbocycles. The molecule has 0 bridgehead atoms. The second-order valence-corrected chi connectivity index (χ2v) is 11.8. The first kappa shape index (κ1) is 24.0. The highest BCUT2D eigenvalue weighted by Gasteiger charge is 2.52. The number of carbonyl (C=O) groups is 1. The average molecular weight is 532 g/mol. The number of hydrogen-bond donors (Lipinski definition) is 0. The molecule has 4 aromatic rings. The molecule has 180 valence electrons. The van der Waals surface area contributed by atoms with Crippen LogP contribution in [0.1, 0.15) is 35.4 Å². The molecule has 1 aromatic heterocycles. The van der Waals surface area contributed by atoms with Crippen LogP contribution < -0.4 is 0 Å². The van der Waals surface area contributed by atoms with Crippen LogP contribution in [0.5, 0.6) is 0 Å². The van der Waals surface area contributed by atoms with E-state index in [0.29, 0.717) is 38.2 Å². The van der Waals surface area contributed by atoms with Crippen molar-refractivity contribution in [2.45, 2.75) is 36.0 Å². The van der Waals surface area contributed by atoms with E-state index in [9.17, 15) is 17.6 Å².